The summed E-state index contributed by atoms with van der Waals surface area (Å²) < 4.78 is 1.55. The van der Waals surface area contributed by atoms with Crippen LogP contribution in [0, 0.1) is 0 Å². The highest BCUT2D eigenvalue weighted by molar-refractivity contribution is 5.88. The number of aliphatic imine (C=N–C) groups is 1. The van der Waals surface area contributed by atoms with E-state index in [9.17, 15) is 4.79 Å². The molecule has 0 atom stereocenters. The lowest BCUT2D eigenvalue weighted by molar-refractivity contribution is 0.460. The Balaban J connectivity index is 0.00000117. The molecule has 1 aliphatic heterocycles. The third-order valence-corrected chi connectivity index (χ3v) is 5.21. The second-order valence-corrected chi connectivity index (χ2v) is 6.92. The minimum absolute atomic E-state index is 0.0824. The summed E-state index contributed by atoms with van der Waals surface area (Å²) in [5, 5.41) is 4.01. The van der Waals surface area contributed by atoms with Crippen molar-refractivity contribution in [2.75, 3.05) is 25.9 Å². The van der Waals surface area contributed by atoms with Crippen molar-refractivity contribution in [2.24, 2.45) is 4.99 Å². The van der Waals surface area contributed by atoms with Gasteiger partial charge in [-0.25, -0.2) is 4.98 Å². The molecule has 1 aliphatic rings. The van der Waals surface area contributed by atoms with Crippen LogP contribution in [-0.2, 0) is 0 Å². The summed E-state index contributed by atoms with van der Waals surface area (Å²) in [6, 6.07) is 11.5. The molecule has 6 heteroatoms. The van der Waals surface area contributed by atoms with Crippen LogP contribution < -0.4 is 16.6 Å². The minimum Gasteiger partial charge on any atom is -0.398 e. The van der Waals surface area contributed by atoms with Crippen molar-refractivity contribution in [3.05, 3.63) is 64.2 Å². The van der Waals surface area contributed by atoms with Crippen molar-refractivity contribution in [3.8, 4) is 5.69 Å². The molecule has 0 spiro atoms. The molecule has 0 saturated carbocycles. The van der Waals surface area contributed by atoms with Crippen molar-refractivity contribution in [1.82, 2.24) is 14.9 Å². The van der Waals surface area contributed by atoms with E-state index in [2.05, 4.69) is 27.4 Å². The van der Waals surface area contributed by atoms with E-state index >= 15 is 0 Å². The van der Waals surface area contributed by atoms with Crippen LogP contribution in [0.1, 0.15) is 43.7 Å². The Kier molecular flexibility index (Phi) is 6.77. The summed E-state index contributed by atoms with van der Waals surface area (Å²) in [6.07, 6.45) is 5.52. The van der Waals surface area contributed by atoms with Crippen molar-refractivity contribution in [1.29, 1.82) is 0 Å². The fourth-order valence-corrected chi connectivity index (χ4v) is 3.69. The van der Waals surface area contributed by atoms with Crippen LogP contribution in [0.15, 0.2) is 52.5 Å². The van der Waals surface area contributed by atoms with E-state index in [1.54, 1.807) is 30.2 Å². The molecule has 6 nitrogen and oxygen atoms in total. The average molecular weight is 392 g/mol. The fourth-order valence-electron chi connectivity index (χ4n) is 3.69. The molecule has 2 heterocycles. The zero-order chi connectivity index (χ0) is 20.8. The molecule has 29 heavy (non-hydrogen) atoms. The molecule has 0 unspecified atom stereocenters. The number of fused-ring (bicyclic) bond motifs is 1. The summed E-state index contributed by atoms with van der Waals surface area (Å²) >= 11 is 0. The van der Waals surface area contributed by atoms with Crippen molar-refractivity contribution in [2.45, 2.75) is 32.6 Å². The van der Waals surface area contributed by atoms with Gasteiger partial charge in [-0.05, 0) is 67.7 Å². The molecule has 0 bridgehead atoms. The van der Waals surface area contributed by atoms with Gasteiger partial charge in [-0.1, -0.05) is 19.9 Å². The highest BCUT2D eigenvalue weighted by Crippen LogP contribution is 2.27. The number of aromatic nitrogens is 2. The lowest BCUT2D eigenvalue weighted by Crippen LogP contribution is -2.26. The van der Waals surface area contributed by atoms with Crippen molar-refractivity contribution in [3.63, 3.8) is 0 Å². The van der Waals surface area contributed by atoms with E-state index in [1.165, 1.54) is 5.56 Å². The Hall–Kier alpha value is -2.99. The molecular formula is C23H29N5O. The number of rotatable bonds is 3. The molecule has 152 valence electrons. The topological polar surface area (TPSA) is 85.3 Å². The van der Waals surface area contributed by atoms with Gasteiger partial charge in [-0.2, -0.15) is 0 Å². The predicted molar refractivity (Wildman–Crippen MR) is 121 cm³/mol. The van der Waals surface area contributed by atoms with E-state index in [4.69, 9.17) is 5.73 Å². The average Bonchev–Trinajstić information content (AvgIpc) is 2.78. The van der Waals surface area contributed by atoms with E-state index < -0.39 is 0 Å². The van der Waals surface area contributed by atoms with E-state index in [-0.39, 0.29) is 5.56 Å². The number of hydrogen-bond acceptors (Lipinski definition) is 5. The lowest BCUT2D eigenvalue weighted by atomic mass is 9.90. The summed E-state index contributed by atoms with van der Waals surface area (Å²) in [6.45, 7) is 6.08. The van der Waals surface area contributed by atoms with Gasteiger partial charge in [0.25, 0.3) is 5.56 Å². The Morgan fingerprint density at radius 1 is 1.17 bits per heavy atom. The first-order valence-electron chi connectivity index (χ1n) is 10.2. The van der Waals surface area contributed by atoms with Crippen LogP contribution in [0.3, 0.4) is 0 Å². The molecule has 2 aromatic carbocycles. The summed E-state index contributed by atoms with van der Waals surface area (Å²) in [7, 11) is 1.69. The van der Waals surface area contributed by atoms with Crippen molar-refractivity contribution < 1.29 is 0 Å². The molecule has 1 aromatic heterocycles. The summed E-state index contributed by atoms with van der Waals surface area (Å²) in [5.74, 6) is 0.535. The number of hydrogen-bond donors (Lipinski definition) is 2. The van der Waals surface area contributed by atoms with Gasteiger partial charge < -0.3 is 11.1 Å². The zero-order valence-corrected chi connectivity index (χ0v) is 17.4. The summed E-state index contributed by atoms with van der Waals surface area (Å²) in [4.78, 5) is 21.6. The maximum absolute atomic E-state index is 13.0. The highest BCUT2D eigenvalue weighted by Gasteiger charge is 2.16. The first kappa shape index (κ1) is 20.7. The van der Waals surface area contributed by atoms with Gasteiger partial charge in [0.1, 0.15) is 6.33 Å². The monoisotopic (exact) mass is 391 g/mol. The van der Waals surface area contributed by atoms with Crippen LogP contribution in [0.5, 0.6) is 0 Å². The van der Waals surface area contributed by atoms with Gasteiger partial charge in [0.2, 0.25) is 0 Å². The Bertz CT molecular complexity index is 1060. The molecule has 3 aromatic rings. The van der Waals surface area contributed by atoms with Crippen LogP contribution in [0.4, 0.5) is 5.69 Å². The lowest BCUT2D eigenvalue weighted by Gasteiger charge is -2.23. The first-order chi connectivity index (χ1) is 14.2. The maximum atomic E-state index is 13.0. The molecular weight excluding hydrogens is 362 g/mol. The Morgan fingerprint density at radius 3 is 2.66 bits per heavy atom. The van der Waals surface area contributed by atoms with Gasteiger partial charge in [-0.3, -0.25) is 14.4 Å². The zero-order valence-electron chi connectivity index (χ0n) is 17.4. The molecule has 0 aliphatic carbocycles. The SMILES string of the molecule is CC.CN=Cc1cc(-n2cnc3cc(C4CCNCC4)ccc3c2=O)ccc1N. The normalized spacial score (nSPS) is 14.7. The third-order valence-electron chi connectivity index (χ3n) is 5.21. The third kappa shape index (κ3) is 4.38. The number of nitrogen functional groups attached to an aromatic ring is 1. The molecule has 4 rings (SSSR count). The van der Waals surface area contributed by atoms with E-state index in [0.717, 1.165) is 42.7 Å². The Labute approximate surface area is 171 Å². The van der Waals surface area contributed by atoms with Crippen LogP contribution in [0.2, 0.25) is 0 Å². The Morgan fingerprint density at radius 2 is 1.93 bits per heavy atom. The molecule has 1 fully saturated rings. The van der Waals surface area contributed by atoms with E-state index in [1.807, 2.05) is 32.0 Å². The second-order valence-electron chi connectivity index (χ2n) is 6.92. The highest BCUT2D eigenvalue weighted by atomic mass is 16.1. The van der Waals surface area contributed by atoms with Gasteiger partial charge in [0, 0.05) is 24.5 Å². The number of nitrogens with two attached hydrogens (primary N) is 1. The number of piperidine rings is 1. The van der Waals surface area contributed by atoms with Gasteiger partial charge >= 0.3 is 0 Å². The maximum Gasteiger partial charge on any atom is 0.265 e. The number of anilines is 1. The van der Waals surface area contributed by atoms with E-state index in [0.29, 0.717) is 17.0 Å². The largest absolute Gasteiger partial charge is 0.398 e. The van der Waals surface area contributed by atoms with Crippen LogP contribution in [-0.4, -0.2) is 35.9 Å². The number of nitrogens with one attached hydrogen (secondary N) is 1. The summed E-state index contributed by atoms with van der Waals surface area (Å²) in [5.41, 5.74) is 10.0. The van der Waals surface area contributed by atoms with Gasteiger partial charge in [-0.15, -0.1) is 0 Å². The van der Waals surface area contributed by atoms with Gasteiger partial charge in [0.15, 0.2) is 0 Å². The second kappa shape index (κ2) is 9.47. The minimum atomic E-state index is -0.0824. The fraction of sp³-hybridized carbons (Fsp3) is 0.348. The van der Waals surface area contributed by atoms with Gasteiger partial charge in [0.05, 0.1) is 16.6 Å². The van der Waals surface area contributed by atoms with Crippen LogP contribution >= 0.6 is 0 Å². The molecule has 3 N–H and O–H groups in total. The predicted octanol–water partition coefficient (Wildman–Crippen LogP) is 3.51. The first-order valence-corrected chi connectivity index (χ1v) is 10.2. The van der Waals surface area contributed by atoms with Crippen molar-refractivity contribution >= 4 is 22.8 Å². The quantitative estimate of drug-likeness (QED) is 0.528. The molecule has 0 amide bonds. The molecule has 1 saturated heterocycles. The van der Waals surface area contributed by atoms with Crippen LogP contribution in [0.25, 0.3) is 16.6 Å². The molecule has 0 radical (unpaired) electrons. The standard InChI is InChI=1S/C21H23N5O.C2H6/c1-23-12-16-10-17(3-5-19(16)22)26-13-25-20-11-15(2-4-18(20)21(26)27)14-6-8-24-9-7-14;1-2/h2-5,10-14,24H,6-9,22H2,1H3;1-2H3. The smallest absolute Gasteiger partial charge is 0.265 e. The number of nitrogens with zero attached hydrogens (tertiary/aromatic N) is 3. The number of benzene rings is 2.